The van der Waals surface area contributed by atoms with Gasteiger partial charge in [-0.15, -0.1) is 0 Å². The highest BCUT2D eigenvalue weighted by atomic mass is 127. The van der Waals surface area contributed by atoms with Crippen molar-refractivity contribution in [1.82, 2.24) is 10.2 Å². The lowest BCUT2D eigenvalue weighted by molar-refractivity contribution is -0.142. The predicted molar refractivity (Wildman–Crippen MR) is 126 cm³/mol. The van der Waals surface area contributed by atoms with Gasteiger partial charge in [-0.2, -0.15) is 0 Å². The molecule has 0 bridgehead atoms. The molecule has 0 unspecified atom stereocenters. The first-order chi connectivity index (χ1) is 14.4. The molecule has 0 aliphatic carbocycles. The highest BCUT2D eigenvalue weighted by molar-refractivity contribution is 14.1. The first-order valence-corrected chi connectivity index (χ1v) is 11.1. The number of methoxy groups -OCH3 is 1. The highest BCUT2D eigenvalue weighted by Crippen LogP contribution is 2.17. The SMILES string of the molecule is CCCCNC(=O)[C@@H](C)N(Cc1cccc(OC)c1)C(=O)COc1ccc(I)cc1. The number of nitrogens with one attached hydrogen (secondary N) is 1. The molecule has 0 saturated carbocycles. The van der Waals surface area contributed by atoms with Crippen molar-refractivity contribution in [2.45, 2.75) is 39.3 Å². The van der Waals surface area contributed by atoms with Gasteiger partial charge in [0.05, 0.1) is 7.11 Å². The van der Waals surface area contributed by atoms with Gasteiger partial charge >= 0.3 is 0 Å². The molecule has 0 fully saturated rings. The summed E-state index contributed by atoms with van der Waals surface area (Å²) in [7, 11) is 1.60. The van der Waals surface area contributed by atoms with Gasteiger partial charge in [0.15, 0.2) is 6.61 Å². The summed E-state index contributed by atoms with van der Waals surface area (Å²) in [6.45, 7) is 4.55. The van der Waals surface area contributed by atoms with Crippen molar-refractivity contribution in [2.24, 2.45) is 0 Å². The summed E-state index contributed by atoms with van der Waals surface area (Å²) in [5.41, 5.74) is 0.880. The largest absolute Gasteiger partial charge is 0.497 e. The monoisotopic (exact) mass is 524 g/mol. The van der Waals surface area contributed by atoms with Gasteiger partial charge in [0, 0.05) is 16.7 Å². The average Bonchev–Trinajstić information content (AvgIpc) is 2.76. The molecule has 0 heterocycles. The fourth-order valence-electron chi connectivity index (χ4n) is 2.85. The molecule has 6 nitrogen and oxygen atoms in total. The van der Waals surface area contributed by atoms with E-state index in [-0.39, 0.29) is 25.0 Å². The molecule has 1 atom stereocenters. The van der Waals surface area contributed by atoms with E-state index < -0.39 is 6.04 Å². The van der Waals surface area contributed by atoms with Crippen LogP contribution in [0.4, 0.5) is 0 Å². The van der Waals surface area contributed by atoms with Crippen LogP contribution in [0.1, 0.15) is 32.3 Å². The maximum atomic E-state index is 13.0. The maximum Gasteiger partial charge on any atom is 0.261 e. The molecule has 162 valence electrons. The van der Waals surface area contributed by atoms with Gasteiger partial charge in [0.25, 0.3) is 5.91 Å². The number of halogens is 1. The topological polar surface area (TPSA) is 67.9 Å². The Morgan fingerprint density at radius 1 is 1.13 bits per heavy atom. The number of rotatable bonds is 11. The maximum absolute atomic E-state index is 13.0. The Balaban J connectivity index is 2.12. The van der Waals surface area contributed by atoms with Crippen molar-refractivity contribution in [3.63, 3.8) is 0 Å². The zero-order chi connectivity index (χ0) is 21.9. The first kappa shape index (κ1) is 24.0. The summed E-state index contributed by atoms with van der Waals surface area (Å²) in [6.07, 6.45) is 1.89. The van der Waals surface area contributed by atoms with Gasteiger partial charge < -0.3 is 19.7 Å². The van der Waals surface area contributed by atoms with Crippen LogP contribution in [0.25, 0.3) is 0 Å². The second kappa shape index (κ2) is 12.4. The standard InChI is InChI=1S/C23H29IN2O4/c1-4-5-13-25-23(28)17(2)26(15-18-7-6-8-21(14-18)29-3)22(27)16-30-20-11-9-19(24)10-12-20/h6-12,14,17H,4-5,13,15-16H2,1-3H3,(H,25,28)/t17-/m1/s1. The van der Waals surface area contributed by atoms with Crippen molar-refractivity contribution < 1.29 is 19.1 Å². The smallest absolute Gasteiger partial charge is 0.261 e. The van der Waals surface area contributed by atoms with Gasteiger partial charge in [0.1, 0.15) is 17.5 Å². The fraction of sp³-hybridized carbons (Fsp3) is 0.391. The third-order valence-corrected chi connectivity index (χ3v) is 5.38. The van der Waals surface area contributed by atoms with E-state index in [1.54, 1.807) is 18.9 Å². The zero-order valence-corrected chi connectivity index (χ0v) is 19.8. The Bertz CT molecular complexity index is 826. The van der Waals surface area contributed by atoms with E-state index in [9.17, 15) is 9.59 Å². The second-order valence-electron chi connectivity index (χ2n) is 6.94. The summed E-state index contributed by atoms with van der Waals surface area (Å²) >= 11 is 2.21. The van der Waals surface area contributed by atoms with Crippen LogP contribution in [0.5, 0.6) is 11.5 Å². The van der Waals surface area contributed by atoms with E-state index in [2.05, 4.69) is 34.8 Å². The molecule has 2 rings (SSSR count). The van der Waals surface area contributed by atoms with Crippen LogP contribution >= 0.6 is 22.6 Å². The minimum absolute atomic E-state index is 0.142. The van der Waals surface area contributed by atoms with Gasteiger partial charge in [-0.05, 0) is 77.9 Å². The molecular weight excluding hydrogens is 495 g/mol. The van der Waals surface area contributed by atoms with Crippen LogP contribution in [-0.2, 0) is 16.1 Å². The van der Waals surface area contributed by atoms with Crippen LogP contribution in [0.15, 0.2) is 48.5 Å². The van der Waals surface area contributed by atoms with E-state index >= 15 is 0 Å². The summed E-state index contributed by atoms with van der Waals surface area (Å²) in [6, 6.07) is 14.3. The Hall–Kier alpha value is -2.29. The van der Waals surface area contributed by atoms with Crippen LogP contribution in [0.3, 0.4) is 0 Å². The third kappa shape index (κ3) is 7.51. The molecule has 2 aromatic carbocycles. The molecule has 2 amide bonds. The molecule has 0 aliphatic heterocycles. The first-order valence-electron chi connectivity index (χ1n) is 10.0. The van der Waals surface area contributed by atoms with Crippen LogP contribution < -0.4 is 14.8 Å². The molecule has 0 saturated heterocycles. The Morgan fingerprint density at radius 3 is 2.53 bits per heavy atom. The molecule has 0 radical (unpaired) electrons. The quantitative estimate of drug-likeness (QED) is 0.357. The van der Waals surface area contributed by atoms with Gasteiger partial charge in [-0.25, -0.2) is 0 Å². The number of unbranched alkanes of at least 4 members (excludes halogenated alkanes) is 1. The number of hydrogen-bond acceptors (Lipinski definition) is 4. The normalized spacial score (nSPS) is 11.5. The Labute approximate surface area is 192 Å². The fourth-order valence-corrected chi connectivity index (χ4v) is 3.20. The van der Waals surface area contributed by atoms with Crippen LogP contribution in [-0.4, -0.2) is 43.0 Å². The molecule has 0 aliphatic rings. The van der Waals surface area contributed by atoms with Crippen LogP contribution in [0, 0.1) is 3.57 Å². The average molecular weight is 524 g/mol. The lowest BCUT2D eigenvalue weighted by Crippen LogP contribution is -2.49. The Morgan fingerprint density at radius 2 is 1.87 bits per heavy atom. The Kier molecular flexibility index (Phi) is 9.93. The third-order valence-electron chi connectivity index (χ3n) is 4.66. The van der Waals surface area contributed by atoms with Gasteiger partial charge in [-0.1, -0.05) is 25.5 Å². The van der Waals surface area contributed by atoms with Crippen molar-refractivity contribution in [3.05, 3.63) is 57.7 Å². The summed E-state index contributed by atoms with van der Waals surface area (Å²) in [5, 5.41) is 2.91. The van der Waals surface area contributed by atoms with Crippen molar-refractivity contribution in [2.75, 3.05) is 20.3 Å². The number of ether oxygens (including phenoxy) is 2. The second-order valence-corrected chi connectivity index (χ2v) is 8.18. The number of nitrogens with zero attached hydrogens (tertiary/aromatic N) is 1. The lowest BCUT2D eigenvalue weighted by atomic mass is 10.1. The number of benzene rings is 2. The number of amides is 2. The van der Waals surface area contributed by atoms with Crippen molar-refractivity contribution in [1.29, 1.82) is 0 Å². The molecule has 0 aromatic heterocycles. The number of carbonyl (C=O) groups is 2. The van der Waals surface area contributed by atoms with Gasteiger partial charge in [-0.3, -0.25) is 9.59 Å². The molecule has 2 aromatic rings. The lowest BCUT2D eigenvalue weighted by Gasteiger charge is -2.29. The number of hydrogen-bond donors (Lipinski definition) is 1. The highest BCUT2D eigenvalue weighted by Gasteiger charge is 2.26. The van der Waals surface area contributed by atoms with Crippen molar-refractivity contribution >= 4 is 34.4 Å². The van der Waals surface area contributed by atoms with E-state index in [0.29, 0.717) is 18.0 Å². The number of carbonyl (C=O) groups excluding carboxylic acids is 2. The summed E-state index contributed by atoms with van der Waals surface area (Å²) in [5.74, 6) is 0.892. The van der Waals surface area contributed by atoms with E-state index in [1.807, 2.05) is 48.5 Å². The predicted octanol–water partition coefficient (Wildman–Crippen LogP) is 4.01. The van der Waals surface area contributed by atoms with Crippen molar-refractivity contribution in [3.8, 4) is 11.5 Å². The van der Waals surface area contributed by atoms with E-state index in [1.165, 1.54) is 0 Å². The summed E-state index contributed by atoms with van der Waals surface area (Å²) < 4.78 is 12.0. The molecule has 30 heavy (non-hydrogen) atoms. The van der Waals surface area contributed by atoms with Gasteiger partial charge in [0.2, 0.25) is 5.91 Å². The molecular formula is C23H29IN2O4. The molecule has 7 heteroatoms. The van der Waals surface area contributed by atoms with E-state index in [0.717, 1.165) is 22.0 Å². The van der Waals surface area contributed by atoms with E-state index in [4.69, 9.17) is 9.47 Å². The summed E-state index contributed by atoms with van der Waals surface area (Å²) in [4.78, 5) is 27.2. The molecule has 0 spiro atoms. The zero-order valence-electron chi connectivity index (χ0n) is 17.7. The minimum atomic E-state index is -0.624. The van der Waals surface area contributed by atoms with Crippen LogP contribution in [0.2, 0.25) is 0 Å². The molecule has 1 N–H and O–H groups in total. The minimum Gasteiger partial charge on any atom is -0.497 e.